The van der Waals surface area contributed by atoms with Gasteiger partial charge in [-0.2, -0.15) is 0 Å². The minimum Gasteiger partial charge on any atom is -0.466 e. The molecule has 0 amide bonds. The first-order valence-corrected chi connectivity index (χ1v) is 5.95. The molecule has 2 unspecified atom stereocenters. The van der Waals surface area contributed by atoms with Gasteiger partial charge in [-0.25, -0.2) is 0 Å². The van der Waals surface area contributed by atoms with Crippen LogP contribution in [0.25, 0.3) is 0 Å². The van der Waals surface area contributed by atoms with E-state index in [2.05, 4.69) is 33.4 Å². The highest BCUT2D eigenvalue weighted by Crippen LogP contribution is 2.20. The first-order chi connectivity index (χ1) is 7.52. The average molecular weight is 224 g/mol. The number of hydrogen-bond donors (Lipinski definition) is 0. The van der Waals surface area contributed by atoms with E-state index in [-0.39, 0.29) is 17.8 Å². The molecule has 0 aliphatic carbocycles. The van der Waals surface area contributed by atoms with Crippen LogP contribution in [0.1, 0.15) is 40.5 Å². The van der Waals surface area contributed by atoms with Crippen LogP contribution < -0.4 is 0 Å². The molecule has 0 saturated carbocycles. The van der Waals surface area contributed by atoms with Gasteiger partial charge >= 0.3 is 5.97 Å². The van der Waals surface area contributed by atoms with Gasteiger partial charge in [0.1, 0.15) is 0 Å². The number of ether oxygens (including phenoxy) is 1. The second kappa shape index (κ2) is 8.14. The summed E-state index contributed by atoms with van der Waals surface area (Å²) in [6, 6.07) is 0. The summed E-state index contributed by atoms with van der Waals surface area (Å²) in [5.41, 5.74) is 1.32. The lowest BCUT2D eigenvalue weighted by molar-refractivity contribution is -0.147. The summed E-state index contributed by atoms with van der Waals surface area (Å²) in [5.74, 6) is -0.0418. The van der Waals surface area contributed by atoms with Crippen molar-refractivity contribution >= 4 is 5.97 Å². The molecule has 0 aliphatic rings. The number of carbonyl (C=O) groups is 1. The molecule has 0 rings (SSSR count). The molecule has 0 spiro atoms. The molecule has 2 nitrogen and oxygen atoms in total. The lowest BCUT2D eigenvalue weighted by Crippen LogP contribution is -2.22. The third-order valence-corrected chi connectivity index (χ3v) is 2.60. The molecule has 0 heterocycles. The second-order valence-corrected chi connectivity index (χ2v) is 4.35. The Morgan fingerprint density at radius 2 is 2.06 bits per heavy atom. The number of rotatable bonds is 7. The Bertz CT molecular complexity index is 249. The van der Waals surface area contributed by atoms with E-state index < -0.39 is 0 Å². The highest BCUT2D eigenvalue weighted by Gasteiger charge is 2.22. The summed E-state index contributed by atoms with van der Waals surface area (Å²) in [4.78, 5) is 11.6. The molecule has 0 aromatic heterocycles. The molecule has 0 aliphatic heterocycles. The van der Waals surface area contributed by atoms with Crippen molar-refractivity contribution in [2.75, 3.05) is 6.61 Å². The van der Waals surface area contributed by atoms with Gasteiger partial charge in [-0.3, -0.25) is 4.79 Å². The SMILES string of the molecule is C=CC(C(=O)OCC)C(C)CCC=C(C)C. The maximum atomic E-state index is 11.6. The van der Waals surface area contributed by atoms with E-state index in [1.54, 1.807) is 6.08 Å². The summed E-state index contributed by atoms with van der Waals surface area (Å²) in [5, 5.41) is 0. The van der Waals surface area contributed by atoms with Gasteiger partial charge in [-0.15, -0.1) is 6.58 Å². The average Bonchev–Trinajstić information content (AvgIpc) is 2.18. The van der Waals surface area contributed by atoms with Crippen LogP contribution in [0.3, 0.4) is 0 Å². The molecule has 16 heavy (non-hydrogen) atoms. The van der Waals surface area contributed by atoms with E-state index in [1.165, 1.54) is 5.57 Å². The van der Waals surface area contributed by atoms with Crippen LogP contribution in [0.5, 0.6) is 0 Å². The van der Waals surface area contributed by atoms with E-state index in [4.69, 9.17) is 4.74 Å². The molecule has 0 aromatic carbocycles. The summed E-state index contributed by atoms with van der Waals surface area (Å²) in [6.45, 7) is 12.2. The van der Waals surface area contributed by atoms with Gasteiger partial charge in [-0.05, 0) is 39.5 Å². The van der Waals surface area contributed by atoms with E-state index in [0.717, 1.165) is 12.8 Å². The van der Waals surface area contributed by atoms with Crippen LogP contribution >= 0.6 is 0 Å². The predicted molar refractivity (Wildman–Crippen MR) is 68.1 cm³/mol. The monoisotopic (exact) mass is 224 g/mol. The highest BCUT2D eigenvalue weighted by atomic mass is 16.5. The molecule has 0 bridgehead atoms. The Morgan fingerprint density at radius 1 is 1.44 bits per heavy atom. The number of hydrogen-bond acceptors (Lipinski definition) is 2. The van der Waals surface area contributed by atoms with Crippen molar-refractivity contribution in [2.45, 2.75) is 40.5 Å². The van der Waals surface area contributed by atoms with Crippen molar-refractivity contribution in [2.24, 2.45) is 11.8 Å². The van der Waals surface area contributed by atoms with Crippen LogP contribution in [-0.2, 0) is 9.53 Å². The van der Waals surface area contributed by atoms with E-state index in [0.29, 0.717) is 6.61 Å². The second-order valence-electron chi connectivity index (χ2n) is 4.35. The van der Waals surface area contributed by atoms with Crippen molar-refractivity contribution in [3.05, 3.63) is 24.3 Å². The van der Waals surface area contributed by atoms with Gasteiger partial charge in [0.05, 0.1) is 12.5 Å². The molecular weight excluding hydrogens is 200 g/mol. The van der Waals surface area contributed by atoms with Crippen molar-refractivity contribution < 1.29 is 9.53 Å². The fourth-order valence-corrected chi connectivity index (χ4v) is 1.61. The van der Waals surface area contributed by atoms with Crippen molar-refractivity contribution in [1.29, 1.82) is 0 Å². The fraction of sp³-hybridized carbons (Fsp3) is 0.643. The van der Waals surface area contributed by atoms with Crippen LogP contribution in [0, 0.1) is 11.8 Å². The Kier molecular flexibility index (Phi) is 7.61. The maximum Gasteiger partial charge on any atom is 0.313 e. The molecule has 0 fully saturated rings. The molecule has 0 aromatic rings. The third-order valence-electron chi connectivity index (χ3n) is 2.60. The highest BCUT2D eigenvalue weighted by molar-refractivity contribution is 5.74. The standard InChI is InChI=1S/C14H24O2/c1-6-13(14(15)16-7-2)12(5)10-8-9-11(3)4/h6,9,12-13H,1,7-8,10H2,2-5H3. The molecule has 0 radical (unpaired) electrons. The molecule has 0 saturated heterocycles. The van der Waals surface area contributed by atoms with Crippen LogP contribution in [0.2, 0.25) is 0 Å². The Hall–Kier alpha value is -1.05. The van der Waals surface area contributed by atoms with Gasteiger partial charge in [-0.1, -0.05) is 24.6 Å². The van der Waals surface area contributed by atoms with Crippen molar-refractivity contribution in [3.8, 4) is 0 Å². The van der Waals surface area contributed by atoms with Gasteiger partial charge in [0.2, 0.25) is 0 Å². The Labute approximate surface area is 99.4 Å². The predicted octanol–water partition coefficient (Wildman–Crippen LogP) is 3.73. The minimum absolute atomic E-state index is 0.151. The fourth-order valence-electron chi connectivity index (χ4n) is 1.61. The van der Waals surface area contributed by atoms with E-state index >= 15 is 0 Å². The van der Waals surface area contributed by atoms with E-state index in [9.17, 15) is 4.79 Å². The Morgan fingerprint density at radius 3 is 2.50 bits per heavy atom. The zero-order valence-electron chi connectivity index (χ0n) is 11.0. The quantitative estimate of drug-likeness (QED) is 0.486. The smallest absolute Gasteiger partial charge is 0.313 e. The zero-order chi connectivity index (χ0) is 12.6. The summed E-state index contributed by atoms with van der Waals surface area (Å²) >= 11 is 0. The van der Waals surface area contributed by atoms with E-state index in [1.807, 2.05) is 6.92 Å². The van der Waals surface area contributed by atoms with Gasteiger partial charge in [0.15, 0.2) is 0 Å². The van der Waals surface area contributed by atoms with Crippen molar-refractivity contribution in [3.63, 3.8) is 0 Å². The van der Waals surface area contributed by atoms with Crippen LogP contribution in [-0.4, -0.2) is 12.6 Å². The summed E-state index contributed by atoms with van der Waals surface area (Å²) in [6.07, 6.45) is 5.89. The van der Waals surface area contributed by atoms with Gasteiger partial charge < -0.3 is 4.74 Å². The van der Waals surface area contributed by atoms with Gasteiger partial charge in [0, 0.05) is 0 Å². The first-order valence-electron chi connectivity index (χ1n) is 5.95. The molecule has 0 N–H and O–H groups in total. The Balaban J connectivity index is 4.20. The molecular formula is C14H24O2. The minimum atomic E-state index is -0.175. The van der Waals surface area contributed by atoms with Gasteiger partial charge in [0.25, 0.3) is 0 Å². The first kappa shape index (κ1) is 14.9. The molecule has 2 atom stereocenters. The van der Waals surface area contributed by atoms with Crippen molar-refractivity contribution in [1.82, 2.24) is 0 Å². The maximum absolute atomic E-state index is 11.6. The topological polar surface area (TPSA) is 26.3 Å². The number of allylic oxidation sites excluding steroid dienone is 2. The molecule has 2 heteroatoms. The normalized spacial score (nSPS) is 13.8. The lowest BCUT2D eigenvalue weighted by Gasteiger charge is -2.18. The number of esters is 1. The summed E-state index contributed by atoms with van der Waals surface area (Å²) in [7, 11) is 0. The molecule has 92 valence electrons. The number of carbonyl (C=O) groups excluding carboxylic acids is 1. The largest absolute Gasteiger partial charge is 0.466 e. The third kappa shape index (κ3) is 5.74. The van der Waals surface area contributed by atoms with Crippen LogP contribution in [0.4, 0.5) is 0 Å². The summed E-state index contributed by atoms with van der Waals surface area (Å²) < 4.78 is 5.02. The zero-order valence-corrected chi connectivity index (χ0v) is 11.0. The van der Waals surface area contributed by atoms with Crippen LogP contribution in [0.15, 0.2) is 24.3 Å². The lowest BCUT2D eigenvalue weighted by atomic mass is 9.90.